The minimum Gasteiger partial charge on any atom is -0.493 e. The van der Waals surface area contributed by atoms with E-state index in [2.05, 4.69) is 35.1 Å². The molecule has 0 heterocycles. The first kappa shape index (κ1) is 15.8. The molecule has 2 rings (SSSR count). The Kier molecular flexibility index (Phi) is 5.62. The number of anilines is 1. The summed E-state index contributed by atoms with van der Waals surface area (Å²) in [6.45, 7) is 5.47. The van der Waals surface area contributed by atoms with Gasteiger partial charge in [0.25, 0.3) is 0 Å². The van der Waals surface area contributed by atoms with Gasteiger partial charge in [-0.1, -0.05) is 35.8 Å². The molecule has 0 unspecified atom stereocenters. The van der Waals surface area contributed by atoms with Gasteiger partial charge in [0.15, 0.2) is 0 Å². The molecule has 1 N–H and O–H groups in total. The third kappa shape index (κ3) is 5.05. The number of halogens is 2. The number of hydrogen-bond donors (Lipinski definition) is 1. The van der Waals surface area contributed by atoms with Crippen molar-refractivity contribution in [3.8, 4) is 5.75 Å². The lowest BCUT2D eigenvalue weighted by Gasteiger charge is -2.12. The average Bonchev–Trinajstić information content (AvgIpc) is 2.46. The molecular formula is C17H19BrFNO. The molecule has 0 spiro atoms. The van der Waals surface area contributed by atoms with Crippen molar-refractivity contribution in [1.29, 1.82) is 0 Å². The molecule has 4 heteroatoms. The van der Waals surface area contributed by atoms with Crippen LogP contribution in [0.4, 0.5) is 10.1 Å². The first-order valence-corrected chi connectivity index (χ1v) is 7.74. The molecule has 0 radical (unpaired) electrons. The second-order valence-electron chi connectivity index (χ2n) is 5.32. The van der Waals surface area contributed by atoms with E-state index in [0.29, 0.717) is 19.1 Å². The van der Waals surface area contributed by atoms with Gasteiger partial charge in [-0.05, 0) is 41.8 Å². The topological polar surface area (TPSA) is 21.3 Å². The molecule has 2 aromatic rings. The van der Waals surface area contributed by atoms with Gasteiger partial charge < -0.3 is 10.1 Å². The number of rotatable bonds is 6. The highest BCUT2D eigenvalue weighted by Crippen LogP contribution is 2.22. The molecule has 0 aliphatic carbocycles. The maximum absolute atomic E-state index is 13.2. The van der Waals surface area contributed by atoms with E-state index < -0.39 is 0 Å². The lowest BCUT2D eigenvalue weighted by atomic mass is 10.2. The Morgan fingerprint density at radius 2 is 2.00 bits per heavy atom. The fraction of sp³-hybridized carbons (Fsp3) is 0.294. The minimum absolute atomic E-state index is 0.232. The zero-order valence-corrected chi connectivity index (χ0v) is 13.8. The van der Waals surface area contributed by atoms with Gasteiger partial charge in [0.05, 0.1) is 6.61 Å². The fourth-order valence-electron chi connectivity index (χ4n) is 1.83. The van der Waals surface area contributed by atoms with Crippen LogP contribution >= 0.6 is 15.9 Å². The van der Waals surface area contributed by atoms with E-state index in [9.17, 15) is 4.39 Å². The molecule has 21 heavy (non-hydrogen) atoms. The number of benzene rings is 2. The Hall–Kier alpha value is -1.55. The highest BCUT2D eigenvalue weighted by Gasteiger charge is 2.03. The van der Waals surface area contributed by atoms with Crippen LogP contribution in [0.1, 0.15) is 19.4 Å². The molecule has 0 atom stereocenters. The zero-order chi connectivity index (χ0) is 15.2. The monoisotopic (exact) mass is 351 g/mol. The van der Waals surface area contributed by atoms with Gasteiger partial charge in [0.1, 0.15) is 11.6 Å². The molecule has 0 aliphatic rings. The average molecular weight is 352 g/mol. The molecule has 2 aromatic carbocycles. The van der Waals surface area contributed by atoms with Crippen molar-refractivity contribution in [3.05, 3.63) is 58.3 Å². The van der Waals surface area contributed by atoms with Crippen LogP contribution in [0, 0.1) is 11.7 Å². The van der Waals surface area contributed by atoms with Gasteiger partial charge in [-0.2, -0.15) is 0 Å². The van der Waals surface area contributed by atoms with E-state index in [1.165, 1.54) is 12.1 Å². The van der Waals surface area contributed by atoms with Gasteiger partial charge in [-0.3, -0.25) is 0 Å². The van der Waals surface area contributed by atoms with Crippen LogP contribution in [0.15, 0.2) is 46.9 Å². The van der Waals surface area contributed by atoms with Crippen LogP contribution in [0.5, 0.6) is 5.75 Å². The van der Waals surface area contributed by atoms with Crippen molar-refractivity contribution >= 4 is 21.6 Å². The molecule has 0 aromatic heterocycles. The summed E-state index contributed by atoms with van der Waals surface area (Å²) in [6, 6.07) is 12.5. The normalized spacial score (nSPS) is 10.7. The summed E-state index contributed by atoms with van der Waals surface area (Å²) in [5.74, 6) is 1.10. The third-order valence-corrected chi connectivity index (χ3v) is 3.68. The van der Waals surface area contributed by atoms with Crippen molar-refractivity contribution in [3.63, 3.8) is 0 Å². The van der Waals surface area contributed by atoms with Gasteiger partial charge >= 0.3 is 0 Å². The highest BCUT2D eigenvalue weighted by atomic mass is 79.9. The Morgan fingerprint density at radius 1 is 1.19 bits per heavy atom. The van der Waals surface area contributed by atoms with Crippen LogP contribution in [-0.2, 0) is 6.54 Å². The Labute approximate surface area is 133 Å². The molecule has 0 fully saturated rings. The maximum Gasteiger partial charge on any atom is 0.123 e. The quantitative estimate of drug-likeness (QED) is 0.768. The zero-order valence-electron chi connectivity index (χ0n) is 12.2. The van der Waals surface area contributed by atoms with Gasteiger partial charge in [0.2, 0.25) is 0 Å². The maximum atomic E-state index is 13.2. The van der Waals surface area contributed by atoms with Crippen molar-refractivity contribution in [2.75, 3.05) is 11.9 Å². The van der Waals surface area contributed by atoms with E-state index in [4.69, 9.17) is 4.74 Å². The van der Waals surface area contributed by atoms with E-state index in [0.717, 1.165) is 21.5 Å². The van der Waals surface area contributed by atoms with E-state index in [1.54, 1.807) is 6.07 Å². The molecule has 2 nitrogen and oxygen atoms in total. The van der Waals surface area contributed by atoms with E-state index >= 15 is 0 Å². The predicted octanol–water partition coefficient (Wildman–Crippen LogP) is 5.24. The van der Waals surface area contributed by atoms with E-state index in [-0.39, 0.29) is 5.82 Å². The molecule has 0 saturated carbocycles. The number of nitrogens with one attached hydrogen (secondary N) is 1. The van der Waals surface area contributed by atoms with Gasteiger partial charge in [-0.15, -0.1) is 0 Å². The Balaban J connectivity index is 1.99. The molecule has 0 bridgehead atoms. The van der Waals surface area contributed by atoms with E-state index in [1.807, 2.05) is 24.3 Å². The number of hydrogen-bond acceptors (Lipinski definition) is 2. The van der Waals surface area contributed by atoms with Crippen LogP contribution in [0.2, 0.25) is 0 Å². The second kappa shape index (κ2) is 7.46. The molecule has 0 amide bonds. The van der Waals surface area contributed by atoms with Crippen LogP contribution < -0.4 is 10.1 Å². The molecule has 0 aliphatic heterocycles. The van der Waals surface area contributed by atoms with Crippen LogP contribution in [-0.4, -0.2) is 6.61 Å². The molecule has 112 valence electrons. The second-order valence-corrected chi connectivity index (χ2v) is 6.18. The molecule has 0 saturated heterocycles. The smallest absolute Gasteiger partial charge is 0.123 e. The summed E-state index contributed by atoms with van der Waals surface area (Å²) >= 11 is 3.43. The van der Waals surface area contributed by atoms with Crippen LogP contribution in [0.25, 0.3) is 0 Å². The minimum atomic E-state index is -0.232. The summed E-state index contributed by atoms with van der Waals surface area (Å²) in [7, 11) is 0. The first-order valence-electron chi connectivity index (χ1n) is 6.95. The largest absolute Gasteiger partial charge is 0.493 e. The summed E-state index contributed by atoms with van der Waals surface area (Å²) in [4.78, 5) is 0. The lowest BCUT2D eigenvalue weighted by molar-refractivity contribution is 0.271. The van der Waals surface area contributed by atoms with Gasteiger partial charge in [0, 0.05) is 22.8 Å². The Bertz CT molecular complexity index is 601. The highest BCUT2D eigenvalue weighted by molar-refractivity contribution is 9.10. The van der Waals surface area contributed by atoms with Crippen molar-refractivity contribution in [1.82, 2.24) is 0 Å². The van der Waals surface area contributed by atoms with Crippen molar-refractivity contribution in [2.24, 2.45) is 5.92 Å². The van der Waals surface area contributed by atoms with Gasteiger partial charge in [-0.25, -0.2) is 4.39 Å². The molecular weight excluding hydrogens is 333 g/mol. The first-order chi connectivity index (χ1) is 10.0. The SMILES string of the molecule is CC(C)COc1cccc(NCc2cc(F)ccc2Br)c1. The summed E-state index contributed by atoms with van der Waals surface area (Å²) in [5, 5.41) is 3.28. The van der Waals surface area contributed by atoms with Crippen molar-refractivity contribution in [2.45, 2.75) is 20.4 Å². The van der Waals surface area contributed by atoms with Crippen molar-refractivity contribution < 1.29 is 9.13 Å². The lowest BCUT2D eigenvalue weighted by Crippen LogP contribution is -2.05. The third-order valence-electron chi connectivity index (χ3n) is 2.91. The Morgan fingerprint density at radius 3 is 2.76 bits per heavy atom. The summed E-state index contributed by atoms with van der Waals surface area (Å²) in [6.07, 6.45) is 0. The van der Waals surface area contributed by atoms with Crippen LogP contribution in [0.3, 0.4) is 0 Å². The predicted molar refractivity (Wildman–Crippen MR) is 88.2 cm³/mol. The standard InChI is InChI=1S/C17H19BrFNO/c1-12(2)11-21-16-5-3-4-15(9-16)20-10-13-8-14(19)6-7-17(13)18/h3-9,12,20H,10-11H2,1-2H3. The number of ether oxygens (including phenoxy) is 1. The summed E-state index contributed by atoms with van der Waals surface area (Å²) < 4.78 is 19.8. The fourth-order valence-corrected chi connectivity index (χ4v) is 2.22. The summed E-state index contributed by atoms with van der Waals surface area (Å²) in [5.41, 5.74) is 1.83.